The summed E-state index contributed by atoms with van der Waals surface area (Å²) in [5.41, 5.74) is 2.97. The number of hydrogen-bond donors (Lipinski definition) is 3. The van der Waals surface area contributed by atoms with E-state index in [1.165, 1.54) is 0 Å². The third-order valence-electron chi connectivity index (χ3n) is 2.91. The first kappa shape index (κ1) is 15.0. The standard InChI is InChI=1S/C16H16N2O2S/c1-10-4-3-5-12(8-10)15(20)18-16(21)17-13-9-11(2)6-7-14(13)19/h3-9,19H,1-2H3,(H2,17,18,20,21). The second kappa shape index (κ2) is 6.37. The van der Waals surface area contributed by atoms with Crippen LogP contribution in [0.15, 0.2) is 42.5 Å². The van der Waals surface area contributed by atoms with Gasteiger partial charge in [0, 0.05) is 5.56 Å². The lowest BCUT2D eigenvalue weighted by Gasteiger charge is -2.11. The zero-order valence-corrected chi connectivity index (χ0v) is 12.6. The van der Waals surface area contributed by atoms with Crippen LogP contribution >= 0.6 is 12.2 Å². The van der Waals surface area contributed by atoms with Gasteiger partial charge in [-0.15, -0.1) is 0 Å². The van der Waals surface area contributed by atoms with Crippen molar-refractivity contribution in [2.45, 2.75) is 13.8 Å². The zero-order chi connectivity index (χ0) is 15.4. The topological polar surface area (TPSA) is 61.4 Å². The van der Waals surface area contributed by atoms with Gasteiger partial charge in [0.1, 0.15) is 5.75 Å². The monoisotopic (exact) mass is 300 g/mol. The number of amides is 1. The molecule has 5 heteroatoms. The van der Waals surface area contributed by atoms with Crippen molar-refractivity contribution in [1.29, 1.82) is 0 Å². The fourth-order valence-corrected chi connectivity index (χ4v) is 2.07. The van der Waals surface area contributed by atoms with Gasteiger partial charge in [0.2, 0.25) is 0 Å². The van der Waals surface area contributed by atoms with Crippen LogP contribution in [0.25, 0.3) is 0 Å². The summed E-state index contributed by atoms with van der Waals surface area (Å²) >= 11 is 5.09. The van der Waals surface area contributed by atoms with Crippen molar-refractivity contribution in [3.05, 3.63) is 59.2 Å². The summed E-state index contributed by atoms with van der Waals surface area (Å²) < 4.78 is 0. The number of anilines is 1. The number of phenolic OH excluding ortho intramolecular Hbond substituents is 1. The second-order valence-electron chi connectivity index (χ2n) is 4.80. The van der Waals surface area contributed by atoms with Gasteiger partial charge in [-0.2, -0.15) is 0 Å². The lowest BCUT2D eigenvalue weighted by Crippen LogP contribution is -2.34. The molecular formula is C16H16N2O2S. The van der Waals surface area contributed by atoms with E-state index in [1.54, 1.807) is 30.3 Å². The number of phenols is 1. The average Bonchev–Trinajstić information content (AvgIpc) is 2.42. The van der Waals surface area contributed by atoms with Gasteiger partial charge in [0.15, 0.2) is 5.11 Å². The van der Waals surface area contributed by atoms with Crippen LogP contribution in [-0.4, -0.2) is 16.1 Å². The first-order chi connectivity index (χ1) is 9.95. The minimum absolute atomic E-state index is 0.0766. The van der Waals surface area contributed by atoms with Gasteiger partial charge in [-0.25, -0.2) is 0 Å². The molecule has 3 N–H and O–H groups in total. The van der Waals surface area contributed by atoms with E-state index in [0.717, 1.165) is 11.1 Å². The molecule has 0 aromatic heterocycles. The molecule has 1 amide bonds. The molecule has 0 saturated heterocycles. The highest BCUT2D eigenvalue weighted by Gasteiger charge is 2.09. The molecule has 0 saturated carbocycles. The largest absolute Gasteiger partial charge is 0.506 e. The summed E-state index contributed by atoms with van der Waals surface area (Å²) in [6.45, 7) is 3.82. The minimum atomic E-state index is -0.289. The fraction of sp³-hybridized carbons (Fsp3) is 0.125. The molecule has 0 unspecified atom stereocenters. The van der Waals surface area contributed by atoms with Gasteiger partial charge in [-0.05, 0) is 55.9 Å². The van der Waals surface area contributed by atoms with E-state index in [0.29, 0.717) is 11.3 Å². The van der Waals surface area contributed by atoms with E-state index in [2.05, 4.69) is 10.6 Å². The number of carbonyl (C=O) groups is 1. The van der Waals surface area contributed by atoms with E-state index < -0.39 is 0 Å². The van der Waals surface area contributed by atoms with Gasteiger partial charge in [0.05, 0.1) is 5.69 Å². The van der Waals surface area contributed by atoms with Crippen molar-refractivity contribution in [3.8, 4) is 5.75 Å². The third-order valence-corrected chi connectivity index (χ3v) is 3.11. The summed E-state index contributed by atoms with van der Waals surface area (Å²) in [6, 6.07) is 12.3. The van der Waals surface area contributed by atoms with Crippen molar-refractivity contribution in [1.82, 2.24) is 5.32 Å². The van der Waals surface area contributed by atoms with Crippen LogP contribution in [0.1, 0.15) is 21.5 Å². The molecule has 0 fully saturated rings. The molecule has 0 radical (unpaired) electrons. The van der Waals surface area contributed by atoms with Crippen LogP contribution in [0.5, 0.6) is 5.75 Å². The molecule has 2 aromatic carbocycles. The number of aryl methyl sites for hydroxylation is 2. The van der Waals surface area contributed by atoms with E-state index >= 15 is 0 Å². The Bertz CT molecular complexity index is 698. The Kier molecular flexibility index (Phi) is 4.55. The zero-order valence-electron chi connectivity index (χ0n) is 11.8. The molecule has 0 bridgehead atoms. The highest BCUT2D eigenvalue weighted by atomic mass is 32.1. The van der Waals surface area contributed by atoms with E-state index in [-0.39, 0.29) is 16.8 Å². The molecule has 0 aliphatic heterocycles. The van der Waals surface area contributed by atoms with Gasteiger partial charge in [-0.3, -0.25) is 10.1 Å². The maximum absolute atomic E-state index is 12.0. The maximum Gasteiger partial charge on any atom is 0.257 e. The minimum Gasteiger partial charge on any atom is -0.506 e. The molecule has 0 atom stereocenters. The molecule has 108 valence electrons. The second-order valence-corrected chi connectivity index (χ2v) is 5.21. The third kappa shape index (κ3) is 4.03. The normalized spacial score (nSPS) is 10.0. The van der Waals surface area contributed by atoms with Crippen LogP contribution in [0.3, 0.4) is 0 Å². The van der Waals surface area contributed by atoms with E-state index in [1.807, 2.05) is 26.0 Å². The van der Waals surface area contributed by atoms with E-state index in [9.17, 15) is 9.90 Å². The van der Waals surface area contributed by atoms with Crippen molar-refractivity contribution < 1.29 is 9.90 Å². The molecule has 0 aliphatic rings. The summed E-state index contributed by atoms with van der Waals surface area (Å²) in [4.78, 5) is 12.0. The predicted octanol–water partition coefficient (Wildman–Crippen LogP) is 3.14. The van der Waals surface area contributed by atoms with E-state index in [4.69, 9.17) is 12.2 Å². The number of hydrogen-bond acceptors (Lipinski definition) is 3. The van der Waals surface area contributed by atoms with Crippen molar-refractivity contribution >= 4 is 28.9 Å². The van der Waals surface area contributed by atoms with Gasteiger partial charge in [0.25, 0.3) is 5.91 Å². The molecule has 2 rings (SSSR count). The van der Waals surface area contributed by atoms with Crippen LogP contribution in [0.2, 0.25) is 0 Å². The highest BCUT2D eigenvalue weighted by Crippen LogP contribution is 2.23. The Hall–Kier alpha value is -2.40. The lowest BCUT2D eigenvalue weighted by molar-refractivity contribution is 0.0977. The Morgan fingerprint density at radius 3 is 2.52 bits per heavy atom. The van der Waals surface area contributed by atoms with Crippen molar-refractivity contribution in [3.63, 3.8) is 0 Å². The maximum atomic E-state index is 12.0. The van der Waals surface area contributed by atoms with Gasteiger partial charge < -0.3 is 10.4 Å². The number of benzene rings is 2. The summed E-state index contributed by atoms with van der Waals surface area (Å²) in [5.74, 6) is -0.212. The van der Waals surface area contributed by atoms with Gasteiger partial charge >= 0.3 is 0 Å². The molecular weight excluding hydrogens is 284 g/mol. The van der Waals surface area contributed by atoms with Crippen molar-refractivity contribution in [2.75, 3.05) is 5.32 Å². The first-order valence-corrected chi connectivity index (χ1v) is 6.85. The number of aromatic hydroxyl groups is 1. The number of rotatable bonds is 2. The van der Waals surface area contributed by atoms with Gasteiger partial charge in [-0.1, -0.05) is 23.8 Å². The lowest BCUT2D eigenvalue weighted by atomic mass is 10.1. The smallest absolute Gasteiger partial charge is 0.257 e. The predicted molar refractivity (Wildman–Crippen MR) is 87.7 cm³/mol. The Labute approximate surface area is 128 Å². The van der Waals surface area contributed by atoms with Crippen LogP contribution < -0.4 is 10.6 Å². The Morgan fingerprint density at radius 2 is 1.81 bits per heavy atom. The summed E-state index contributed by atoms with van der Waals surface area (Å²) in [5, 5.41) is 15.3. The molecule has 0 spiro atoms. The molecule has 0 aliphatic carbocycles. The molecule has 21 heavy (non-hydrogen) atoms. The van der Waals surface area contributed by atoms with Crippen molar-refractivity contribution in [2.24, 2.45) is 0 Å². The SMILES string of the molecule is Cc1cccc(C(=O)NC(=S)Nc2cc(C)ccc2O)c1. The summed E-state index contributed by atoms with van der Waals surface area (Å²) in [6.07, 6.45) is 0. The van der Waals surface area contributed by atoms with Crippen LogP contribution in [0.4, 0.5) is 5.69 Å². The van der Waals surface area contributed by atoms with Crippen LogP contribution in [0, 0.1) is 13.8 Å². The quantitative estimate of drug-likeness (QED) is 0.589. The first-order valence-electron chi connectivity index (χ1n) is 6.44. The number of thiocarbonyl (C=S) groups is 1. The Morgan fingerprint density at radius 1 is 1.10 bits per heavy atom. The number of nitrogens with one attached hydrogen (secondary N) is 2. The average molecular weight is 300 g/mol. The fourth-order valence-electron chi connectivity index (χ4n) is 1.87. The molecule has 2 aromatic rings. The molecule has 4 nitrogen and oxygen atoms in total. The Balaban J connectivity index is 2.05. The number of carbonyl (C=O) groups excluding carboxylic acids is 1. The molecule has 0 heterocycles. The highest BCUT2D eigenvalue weighted by molar-refractivity contribution is 7.80. The summed E-state index contributed by atoms with van der Waals surface area (Å²) in [7, 11) is 0. The van der Waals surface area contributed by atoms with Crippen LogP contribution in [-0.2, 0) is 0 Å².